The van der Waals surface area contributed by atoms with Crippen LogP contribution in [0.25, 0.3) is 0 Å². The molecule has 1 amide bonds. The summed E-state index contributed by atoms with van der Waals surface area (Å²) in [6.45, 7) is 2.55. The Morgan fingerprint density at radius 2 is 1.96 bits per heavy atom. The average Bonchev–Trinajstić information content (AvgIpc) is 3.37. The monoisotopic (exact) mass is 344 g/mol. The molecule has 0 bridgehead atoms. The van der Waals surface area contributed by atoms with E-state index in [0.717, 1.165) is 56.8 Å². The molecule has 2 aromatic heterocycles. The number of hydrogen-bond acceptors (Lipinski definition) is 4. The minimum Gasteiger partial charge on any atom is -0.342 e. The van der Waals surface area contributed by atoms with Crippen molar-refractivity contribution in [3.05, 3.63) is 34.8 Å². The van der Waals surface area contributed by atoms with Crippen molar-refractivity contribution in [3.63, 3.8) is 0 Å². The van der Waals surface area contributed by atoms with Crippen LogP contribution >= 0.6 is 11.3 Å². The topological polar surface area (TPSA) is 51.0 Å². The van der Waals surface area contributed by atoms with Crippen molar-refractivity contribution < 1.29 is 4.79 Å². The lowest BCUT2D eigenvalue weighted by Gasteiger charge is -2.33. The third-order valence-corrected chi connectivity index (χ3v) is 6.07. The number of likely N-dealkylation sites (tertiary alicyclic amines) is 1. The van der Waals surface area contributed by atoms with Crippen LogP contribution in [0, 0.1) is 5.92 Å². The van der Waals surface area contributed by atoms with Crippen molar-refractivity contribution in [3.8, 4) is 0 Å². The second-order valence-electron chi connectivity index (χ2n) is 6.97. The van der Waals surface area contributed by atoms with Crippen LogP contribution in [-0.2, 0) is 11.3 Å². The largest absolute Gasteiger partial charge is 0.342 e. The zero-order valence-corrected chi connectivity index (χ0v) is 14.7. The van der Waals surface area contributed by atoms with Crippen LogP contribution in [0.4, 0.5) is 0 Å². The summed E-state index contributed by atoms with van der Waals surface area (Å²) in [6.07, 6.45) is 10.6. The number of carbonyl (C=O) groups is 1. The number of piperidine rings is 1. The molecule has 0 N–H and O–H groups in total. The molecule has 0 unspecified atom stereocenters. The molecule has 5 nitrogen and oxygen atoms in total. The Hall–Kier alpha value is -1.69. The van der Waals surface area contributed by atoms with Gasteiger partial charge in [0.1, 0.15) is 5.82 Å². The summed E-state index contributed by atoms with van der Waals surface area (Å²) < 4.78 is 2.22. The van der Waals surface area contributed by atoms with Crippen molar-refractivity contribution in [2.24, 2.45) is 5.92 Å². The zero-order chi connectivity index (χ0) is 16.4. The quantitative estimate of drug-likeness (QED) is 0.855. The number of thiazole rings is 1. The van der Waals surface area contributed by atoms with Gasteiger partial charge in [-0.1, -0.05) is 12.8 Å². The minimum absolute atomic E-state index is 0.299. The number of nitrogens with zero attached hydrogens (tertiary/aromatic N) is 4. The van der Waals surface area contributed by atoms with Crippen molar-refractivity contribution in [2.45, 2.75) is 51.0 Å². The van der Waals surface area contributed by atoms with Gasteiger partial charge in [-0.15, -0.1) is 11.3 Å². The summed E-state index contributed by atoms with van der Waals surface area (Å²) in [5.74, 6) is 2.30. The smallest absolute Gasteiger partial charge is 0.225 e. The van der Waals surface area contributed by atoms with Gasteiger partial charge in [0.25, 0.3) is 0 Å². The second kappa shape index (κ2) is 7.05. The normalized spacial score (nSPS) is 19.9. The molecule has 4 rings (SSSR count). The van der Waals surface area contributed by atoms with Gasteiger partial charge in [-0.2, -0.15) is 0 Å². The van der Waals surface area contributed by atoms with E-state index in [9.17, 15) is 4.79 Å². The van der Waals surface area contributed by atoms with E-state index in [1.54, 1.807) is 11.3 Å². The van der Waals surface area contributed by atoms with Crippen LogP contribution in [-0.4, -0.2) is 38.4 Å². The van der Waals surface area contributed by atoms with Crippen LogP contribution in [0.2, 0.25) is 0 Å². The summed E-state index contributed by atoms with van der Waals surface area (Å²) in [4.78, 5) is 23.6. The van der Waals surface area contributed by atoms with Gasteiger partial charge < -0.3 is 9.47 Å². The van der Waals surface area contributed by atoms with Crippen molar-refractivity contribution in [1.82, 2.24) is 19.4 Å². The van der Waals surface area contributed by atoms with Crippen LogP contribution in [0.1, 0.15) is 56.0 Å². The van der Waals surface area contributed by atoms with Gasteiger partial charge in [0.15, 0.2) is 0 Å². The molecule has 3 heterocycles. The Kier molecular flexibility index (Phi) is 4.65. The van der Waals surface area contributed by atoms with E-state index < -0.39 is 0 Å². The van der Waals surface area contributed by atoms with E-state index in [4.69, 9.17) is 0 Å². The zero-order valence-electron chi connectivity index (χ0n) is 13.9. The standard InChI is InChI=1S/C18H24N4OS/c23-18(15-3-1-2-4-15)21-8-5-14(6-9-21)17-19-7-10-22(17)11-16-12-24-13-20-16/h7,10,12-15H,1-6,8-9,11H2. The highest BCUT2D eigenvalue weighted by Crippen LogP contribution is 2.31. The molecule has 0 radical (unpaired) electrons. The Morgan fingerprint density at radius 1 is 1.17 bits per heavy atom. The molecule has 1 aliphatic heterocycles. The van der Waals surface area contributed by atoms with Crippen LogP contribution in [0.15, 0.2) is 23.3 Å². The Morgan fingerprint density at radius 3 is 2.67 bits per heavy atom. The lowest BCUT2D eigenvalue weighted by molar-refractivity contribution is -0.136. The third kappa shape index (κ3) is 3.24. The molecule has 2 fully saturated rings. The van der Waals surface area contributed by atoms with Gasteiger partial charge in [-0.05, 0) is 25.7 Å². The van der Waals surface area contributed by atoms with Gasteiger partial charge in [-0.3, -0.25) is 4.79 Å². The van der Waals surface area contributed by atoms with Crippen molar-refractivity contribution >= 4 is 17.2 Å². The molecule has 6 heteroatoms. The fourth-order valence-corrected chi connectivity index (χ4v) is 4.64. The number of imidazole rings is 1. The maximum atomic E-state index is 12.6. The van der Waals surface area contributed by atoms with Crippen LogP contribution < -0.4 is 0 Å². The molecular weight excluding hydrogens is 320 g/mol. The molecule has 2 aliphatic rings. The summed E-state index contributed by atoms with van der Waals surface area (Å²) >= 11 is 1.63. The average molecular weight is 344 g/mol. The molecule has 24 heavy (non-hydrogen) atoms. The first-order valence-electron chi connectivity index (χ1n) is 8.98. The molecule has 0 aromatic carbocycles. The summed E-state index contributed by atoms with van der Waals surface area (Å²) in [7, 11) is 0. The van der Waals surface area contributed by atoms with Crippen LogP contribution in [0.3, 0.4) is 0 Å². The maximum absolute atomic E-state index is 12.6. The Labute approximate surface area is 146 Å². The number of amides is 1. The Balaban J connectivity index is 1.37. The van der Waals surface area contributed by atoms with Gasteiger partial charge in [-0.25, -0.2) is 9.97 Å². The van der Waals surface area contributed by atoms with Gasteiger partial charge in [0.2, 0.25) is 5.91 Å². The molecule has 1 saturated heterocycles. The first kappa shape index (κ1) is 15.8. The fraction of sp³-hybridized carbons (Fsp3) is 0.611. The van der Waals surface area contributed by atoms with E-state index in [0.29, 0.717) is 17.7 Å². The molecule has 2 aromatic rings. The number of aromatic nitrogens is 3. The highest BCUT2D eigenvalue weighted by molar-refractivity contribution is 7.07. The number of carbonyl (C=O) groups excluding carboxylic acids is 1. The molecule has 0 atom stereocenters. The summed E-state index contributed by atoms with van der Waals surface area (Å²) in [5.41, 5.74) is 2.96. The summed E-state index contributed by atoms with van der Waals surface area (Å²) in [6, 6.07) is 0. The maximum Gasteiger partial charge on any atom is 0.225 e. The molecule has 1 saturated carbocycles. The second-order valence-corrected chi connectivity index (χ2v) is 7.69. The molecule has 128 valence electrons. The molecular formula is C18H24N4OS. The van der Waals surface area contributed by atoms with Crippen molar-refractivity contribution in [1.29, 1.82) is 0 Å². The lowest BCUT2D eigenvalue weighted by atomic mass is 9.94. The Bertz CT molecular complexity index is 667. The summed E-state index contributed by atoms with van der Waals surface area (Å²) in [5, 5.41) is 2.09. The first-order chi connectivity index (χ1) is 11.8. The highest BCUT2D eigenvalue weighted by Gasteiger charge is 2.31. The van der Waals surface area contributed by atoms with Crippen LogP contribution in [0.5, 0.6) is 0 Å². The molecule has 0 spiro atoms. The van der Waals surface area contributed by atoms with E-state index in [1.165, 1.54) is 12.8 Å². The van der Waals surface area contributed by atoms with E-state index in [2.05, 4.69) is 24.8 Å². The van der Waals surface area contributed by atoms with E-state index >= 15 is 0 Å². The predicted octanol–water partition coefficient (Wildman–Crippen LogP) is 3.28. The lowest BCUT2D eigenvalue weighted by Crippen LogP contribution is -2.41. The minimum atomic E-state index is 0.299. The third-order valence-electron chi connectivity index (χ3n) is 5.44. The number of rotatable bonds is 4. The predicted molar refractivity (Wildman–Crippen MR) is 94.0 cm³/mol. The SMILES string of the molecule is O=C(C1CCCC1)N1CCC(c2nccn2Cc2cscn2)CC1. The van der Waals surface area contributed by atoms with E-state index in [1.807, 2.05) is 17.9 Å². The van der Waals surface area contributed by atoms with E-state index in [-0.39, 0.29) is 0 Å². The first-order valence-corrected chi connectivity index (χ1v) is 9.92. The highest BCUT2D eigenvalue weighted by atomic mass is 32.1. The number of hydrogen-bond donors (Lipinski definition) is 0. The molecule has 1 aliphatic carbocycles. The fourth-order valence-electron chi connectivity index (χ4n) is 4.09. The van der Waals surface area contributed by atoms with Gasteiger partial charge in [0.05, 0.1) is 17.7 Å². The van der Waals surface area contributed by atoms with Gasteiger partial charge in [0, 0.05) is 42.7 Å². The van der Waals surface area contributed by atoms with Gasteiger partial charge >= 0.3 is 0 Å². The van der Waals surface area contributed by atoms with Crippen molar-refractivity contribution in [2.75, 3.05) is 13.1 Å².